The summed E-state index contributed by atoms with van der Waals surface area (Å²) in [5.41, 5.74) is 4.63. The van der Waals surface area contributed by atoms with Crippen molar-refractivity contribution in [1.82, 2.24) is 14.6 Å². The Morgan fingerprint density at radius 1 is 0.938 bits per heavy atom. The minimum atomic E-state index is -3.23. The fourth-order valence-corrected chi connectivity index (χ4v) is 4.76. The van der Waals surface area contributed by atoms with Gasteiger partial charge in [-0.3, -0.25) is 0 Å². The van der Waals surface area contributed by atoms with Crippen molar-refractivity contribution < 1.29 is 8.42 Å². The Bertz CT molecular complexity index is 1360. The highest BCUT2D eigenvalue weighted by molar-refractivity contribution is 7.90. The largest absolute Gasteiger partial charge is 0.371 e. The van der Waals surface area contributed by atoms with Gasteiger partial charge >= 0.3 is 0 Å². The molecule has 32 heavy (non-hydrogen) atoms. The Balaban J connectivity index is 1.43. The van der Waals surface area contributed by atoms with Gasteiger partial charge in [0.2, 0.25) is 5.95 Å². The maximum atomic E-state index is 11.8. The third kappa shape index (κ3) is 4.18. The standard InChI is InChI=1S/C24H25N5O2S/c1-32(30,31)21-12-10-18(11-13-21)22-9-6-16-29-23(22)26-24(27-29)25-19-7-5-8-20(17-19)28-14-3-2-4-15-28/h5-13,16-17H,2-4,14-15H2,1H3,(H,25,27). The van der Waals surface area contributed by atoms with Crippen molar-refractivity contribution in [3.63, 3.8) is 0 Å². The molecule has 8 heteroatoms. The SMILES string of the molecule is CS(=O)(=O)c1ccc(-c2cccn3nc(Nc4cccc(N5CCCCC5)c4)nc23)cc1. The number of fused-ring (bicyclic) bond motifs is 1. The van der Waals surface area contributed by atoms with Crippen LogP contribution in [0.4, 0.5) is 17.3 Å². The van der Waals surface area contributed by atoms with Gasteiger partial charge in [0.25, 0.3) is 0 Å². The molecule has 0 aliphatic carbocycles. The van der Waals surface area contributed by atoms with Gasteiger partial charge in [-0.25, -0.2) is 12.9 Å². The summed E-state index contributed by atoms with van der Waals surface area (Å²) in [6.45, 7) is 2.19. The highest BCUT2D eigenvalue weighted by atomic mass is 32.2. The van der Waals surface area contributed by atoms with Crippen LogP contribution in [0.5, 0.6) is 0 Å². The molecule has 0 radical (unpaired) electrons. The zero-order valence-electron chi connectivity index (χ0n) is 17.9. The molecule has 0 bridgehead atoms. The van der Waals surface area contributed by atoms with Gasteiger partial charge in [0, 0.05) is 42.5 Å². The molecule has 2 aromatic carbocycles. The second-order valence-corrected chi connectivity index (χ2v) is 10.2. The molecular formula is C24H25N5O2S. The number of pyridine rings is 1. The predicted octanol–water partition coefficient (Wildman–Crippen LogP) is 4.53. The van der Waals surface area contributed by atoms with E-state index in [9.17, 15) is 8.42 Å². The normalized spacial score (nSPS) is 14.6. The number of piperidine rings is 1. The Labute approximate surface area is 187 Å². The minimum absolute atomic E-state index is 0.297. The van der Waals surface area contributed by atoms with Gasteiger partial charge in [0.05, 0.1) is 4.90 Å². The van der Waals surface area contributed by atoms with Crippen LogP contribution in [0.15, 0.2) is 71.8 Å². The average molecular weight is 448 g/mol. The van der Waals surface area contributed by atoms with Crippen LogP contribution in [0.2, 0.25) is 0 Å². The van der Waals surface area contributed by atoms with Crippen LogP contribution < -0.4 is 10.2 Å². The van der Waals surface area contributed by atoms with E-state index in [-0.39, 0.29) is 0 Å². The van der Waals surface area contributed by atoms with Crippen molar-refractivity contribution in [2.75, 3.05) is 29.6 Å². The fraction of sp³-hybridized carbons (Fsp3) is 0.250. The molecule has 1 fully saturated rings. The highest BCUT2D eigenvalue weighted by Gasteiger charge is 2.14. The van der Waals surface area contributed by atoms with E-state index in [0.29, 0.717) is 16.5 Å². The summed E-state index contributed by atoms with van der Waals surface area (Å²) in [6.07, 6.45) is 6.84. The minimum Gasteiger partial charge on any atom is -0.371 e. The van der Waals surface area contributed by atoms with E-state index in [0.717, 1.165) is 29.9 Å². The number of benzene rings is 2. The number of aromatic nitrogens is 3. The van der Waals surface area contributed by atoms with Crippen molar-refractivity contribution in [1.29, 1.82) is 0 Å². The number of hydrogen-bond acceptors (Lipinski definition) is 6. The lowest BCUT2D eigenvalue weighted by Gasteiger charge is -2.29. The molecule has 1 N–H and O–H groups in total. The fourth-order valence-electron chi connectivity index (χ4n) is 4.13. The molecule has 1 aliphatic rings. The first-order chi connectivity index (χ1) is 15.5. The summed E-state index contributed by atoms with van der Waals surface area (Å²) in [5, 5.41) is 7.91. The van der Waals surface area contributed by atoms with Crippen molar-refractivity contribution in [3.05, 3.63) is 66.9 Å². The van der Waals surface area contributed by atoms with Crippen LogP contribution in [0.3, 0.4) is 0 Å². The van der Waals surface area contributed by atoms with Gasteiger partial charge in [-0.05, 0) is 67.3 Å². The molecular weight excluding hydrogens is 422 g/mol. The quantitative estimate of drug-likeness (QED) is 0.484. The second-order valence-electron chi connectivity index (χ2n) is 8.15. The van der Waals surface area contributed by atoms with Gasteiger partial charge in [-0.1, -0.05) is 18.2 Å². The smallest absolute Gasteiger partial charge is 0.247 e. The van der Waals surface area contributed by atoms with Gasteiger partial charge in [-0.15, -0.1) is 5.10 Å². The lowest BCUT2D eigenvalue weighted by Crippen LogP contribution is -2.29. The summed E-state index contributed by atoms with van der Waals surface area (Å²) in [4.78, 5) is 7.42. The lowest BCUT2D eigenvalue weighted by molar-refractivity contribution is 0.578. The zero-order valence-corrected chi connectivity index (χ0v) is 18.7. The summed E-state index contributed by atoms with van der Waals surface area (Å²) >= 11 is 0. The van der Waals surface area contributed by atoms with Crippen LogP contribution in [0, 0.1) is 0 Å². The van der Waals surface area contributed by atoms with Gasteiger partial charge in [-0.2, -0.15) is 4.98 Å². The average Bonchev–Trinajstić information content (AvgIpc) is 3.22. The molecule has 0 spiro atoms. The molecule has 0 amide bonds. The van der Waals surface area contributed by atoms with Crippen LogP contribution >= 0.6 is 0 Å². The van der Waals surface area contributed by atoms with Crippen molar-refractivity contribution in [2.24, 2.45) is 0 Å². The molecule has 5 rings (SSSR count). The van der Waals surface area contributed by atoms with E-state index in [2.05, 4.69) is 33.5 Å². The van der Waals surface area contributed by atoms with Crippen LogP contribution in [0.25, 0.3) is 16.8 Å². The van der Waals surface area contributed by atoms with Crippen molar-refractivity contribution >= 4 is 32.8 Å². The summed E-state index contributed by atoms with van der Waals surface area (Å²) in [6, 6.07) is 19.1. The number of hydrogen-bond donors (Lipinski definition) is 1. The predicted molar refractivity (Wildman–Crippen MR) is 127 cm³/mol. The second kappa shape index (κ2) is 8.27. The summed E-state index contributed by atoms with van der Waals surface area (Å²) < 4.78 is 25.2. The number of sulfone groups is 1. The Morgan fingerprint density at radius 2 is 1.72 bits per heavy atom. The maximum Gasteiger partial charge on any atom is 0.247 e. The number of nitrogens with one attached hydrogen (secondary N) is 1. The Morgan fingerprint density at radius 3 is 2.47 bits per heavy atom. The van der Waals surface area contributed by atoms with Gasteiger partial charge in [0.15, 0.2) is 15.5 Å². The Kier molecular flexibility index (Phi) is 5.30. The first kappa shape index (κ1) is 20.5. The lowest BCUT2D eigenvalue weighted by atomic mass is 10.1. The van der Waals surface area contributed by atoms with Crippen molar-refractivity contribution in [2.45, 2.75) is 24.2 Å². The molecule has 7 nitrogen and oxygen atoms in total. The van der Waals surface area contributed by atoms with E-state index < -0.39 is 9.84 Å². The first-order valence-corrected chi connectivity index (χ1v) is 12.6. The topological polar surface area (TPSA) is 79.6 Å². The van der Waals surface area contributed by atoms with Crippen molar-refractivity contribution in [3.8, 4) is 11.1 Å². The third-order valence-electron chi connectivity index (χ3n) is 5.78. The molecule has 2 aromatic heterocycles. The van der Waals surface area contributed by atoms with E-state index in [1.165, 1.54) is 31.2 Å². The zero-order chi connectivity index (χ0) is 22.1. The summed E-state index contributed by atoms with van der Waals surface area (Å²) in [7, 11) is -3.23. The number of anilines is 3. The first-order valence-electron chi connectivity index (χ1n) is 10.8. The van der Waals surface area contributed by atoms with E-state index in [4.69, 9.17) is 4.98 Å². The number of nitrogens with zero attached hydrogens (tertiary/aromatic N) is 4. The molecule has 164 valence electrons. The molecule has 4 aromatic rings. The van der Waals surface area contributed by atoms with Gasteiger partial charge < -0.3 is 10.2 Å². The van der Waals surface area contributed by atoms with Gasteiger partial charge in [0.1, 0.15) is 0 Å². The van der Waals surface area contributed by atoms with Crippen LogP contribution in [-0.2, 0) is 9.84 Å². The molecule has 1 saturated heterocycles. The molecule has 0 saturated carbocycles. The molecule has 1 aliphatic heterocycles. The van der Waals surface area contributed by atoms with Crippen LogP contribution in [0.1, 0.15) is 19.3 Å². The highest BCUT2D eigenvalue weighted by Crippen LogP contribution is 2.27. The Hall–Kier alpha value is -3.39. The third-order valence-corrected chi connectivity index (χ3v) is 6.91. The molecule has 0 atom stereocenters. The van der Waals surface area contributed by atoms with E-state index in [1.807, 2.05) is 24.4 Å². The monoisotopic (exact) mass is 447 g/mol. The summed E-state index contributed by atoms with van der Waals surface area (Å²) in [5.74, 6) is 0.515. The maximum absolute atomic E-state index is 11.8. The molecule has 0 unspecified atom stereocenters. The van der Waals surface area contributed by atoms with E-state index in [1.54, 1.807) is 28.8 Å². The van der Waals surface area contributed by atoms with E-state index >= 15 is 0 Å². The number of rotatable bonds is 5. The molecule has 3 heterocycles. The van der Waals surface area contributed by atoms with Crippen LogP contribution in [-0.4, -0.2) is 42.4 Å².